The van der Waals surface area contributed by atoms with Crippen LogP contribution in [0.1, 0.15) is 22.3 Å². The smallest absolute Gasteiger partial charge is 0.337 e. The van der Waals surface area contributed by atoms with Crippen molar-refractivity contribution in [1.82, 2.24) is 0 Å². The van der Waals surface area contributed by atoms with Crippen molar-refractivity contribution in [1.29, 1.82) is 0 Å². The largest absolute Gasteiger partial charge is 0.484 e. The van der Waals surface area contributed by atoms with Crippen LogP contribution in [-0.4, -0.2) is 32.1 Å². The summed E-state index contributed by atoms with van der Waals surface area (Å²) < 4.78 is 10.3. The Morgan fingerprint density at radius 2 is 1.96 bits per heavy atom. The molecule has 1 amide bonds. The van der Waals surface area contributed by atoms with Crippen molar-refractivity contribution in [2.45, 2.75) is 12.8 Å². The number of amides is 1. The molecule has 5 nitrogen and oxygen atoms in total. The van der Waals surface area contributed by atoms with Gasteiger partial charge >= 0.3 is 5.97 Å². The molecule has 0 unspecified atom stereocenters. The van der Waals surface area contributed by atoms with Crippen LogP contribution in [0.25, 0.3) is 0 Å². The number of rotatable bonds is 4. The van der Waals surface area contributed by atoms with Gasteiger partial charge in [0, 0.05) is 12.2 Å². The second-order valence-corrected chi connectivity index (χ2v) is 5.59. The van der Waals surface area contributed by atoms with E-state index < -0.39 is 5.97 Å². The van der Waals surface area contributed by atoms with Gasteiger partial charge in [0.15, 0.2) is 6.61 Å². The summed E-state index contributed by atoms with van der Waals surface area (Å²) in [6.45, 7) is 0.625. The van der Waals surface area contributed by atoms with E-state index in [9.17, 15) is 9.59 Å². The van der Waals surface area contributed by atoms with Gasteiger partial charge in [-0.1, -0.05) is 24.3 Å². The maximum Gasteiger partial charge on any atom is 0.337 e. The van der Waals surface area contributed by atoms with Crippen LogP contribution in [-0.2, 0) is 16.0 Å². The zero-order valence-corrected chi connectivity index (χ0v) is 13.5. The van der Waals surface area contributed by atoms with Crippen LogP contribution in [0.15, 0.2) is 48.5 Å². The van der Waals surface area contributed by atoms with Crippen LogP contribution < -0.4 is 9.64 Å². The first-order valence-corrected chi connectivity index (χ1v) is 7.88. The summed E-state index contributed by atoms with van der Waals surface area (Å²) in [6.07, 6.45) is 1.93. The van der Waals surface area contributed by atoms with E-state index in [0.29, 0.717) is 17.9 Å². The van der Waals surface area contributed by atoms with E-state index in [2.05, 4.69) is 10.8 Å². The van der Waals surface area contributed by atoms with Crippen molar-refractivity contribution in [3.8, 4) is 5.75 Å². The van der Waals surface area contributed by atoms with Gasteiger partial charge in [0.2, 0.25) is 0 Å². The zero-order chi connectivity index (χ0) is 16.9. The molecule has 2 aromatic rings. The van der Waals surface area contributed by atoms with E-state index in [1.807, 2.05) is 18.2 Å². The molecule has 0 aliphatic carbocycles. The highest BCUT2D eigenvalue weighted by molar-refractivity contribution is 5.95. The van der Waals surface area contributed by atoms with Crippen LogP contribution in [0, 0.1) is 0 Å². The molecule has 0 N–H and O–H groups in total. The Morgan fingerprint density at radius 3 is 2.79 bits per heavy atom. The Bertz CT molecular complexity index is 757. The van der Waals surface area contributed by atoms with E-state index in [1.54, 1.807) is 29.2 Å². The lowest BCUT2D eigenvalue weighted by molar-refractivity contribution is -0.120. The number of aryl methyl sites for hydroxylation is 1. The van der Waals surface area contributed by atoms with Gasteiger partial charge < -0.3 is 14.4 Å². The summed E-state index contributed by atoms with van der Waals surface area (Å²) in [5.74, 6) is -0.0566. The van der Waals surface area contributed by atoms with Gasteiger partial charge in [0.1, 0.15) is 5.75 Å². The number of methoxy groups -OCH3 is 1. The van der Waals surface area contributed by atoms with E-state index in [0.717, 1.165) is 18.5 Å². The Labute approximate surface area is 140 Å². The van der Waals surface area contributed by atoms with Crippen LogP contribution in [0.2, 0.25) is 0 Å². The number of benzene rings is 2. The number of hydrogen-bond donors (Lipinski definition) is 0. The molecule has 1 aliphatic rings. The minimum absolute atomic E-state index is 0.0705. The number of hydrogen-bond acceptors (Lipinski definition) is 4. The highest BCUT2D eigenvalue weighted by Crippen LogP contribution is 2.26. The lowest BCUT2D eigenvalue weighted by atomic mass is 10.0. The van der Waals surface area contributed by atoms with E-state index in [4.69, 9.17) is 4.74 Å². The first-order valence-electron chi connectivity index (χ1n) is 7.88. The van der Waals surface area contributed by atoms with Crippen LogP contribution in [0.4, 0.5) is 5.69 Å². The summed E-state index contributed by atoms with van der Waals surface area (Å²) in [6, 6.07) is 14.6. The SMILES string of the molecule is COC(=O)c1cccc(OCC(=O)N2CCCc3ccccc32)c1. The van der Waals surface area contributed by atoms with E-state index >= 15 is 0 Å². The lowest BCUT2D eigenvalue weighted by Gasteiger charge is -2.29. The highest BCUT2D eigenvalue weighted by atomic mass is 16.5. The maximum atomic E-state index is 12.5. The third-order valence-corrected chi connectivity index (χ3v) is 4.03. The predicted molar refractivity (Wildman–Crippen MR) is 90.4 cm³/mol. The number of esters is 1. The lowest BCUT2D eigenvalue weighted by Crippen LogP contribution is -2.38. The summed E-state index contributed by atoms with van der Waals surface area (Å²) in [4.78, 5) is 25.8. The molecule has 0 aromatic heterocycles. The van der Waals surface area contributed by atoms with Gasteiger partial charge in [-0.25, -0.2) is 4.79 Å². The molecule has 0 fully saturated rings. The minimum Gasteiger partial charge on any atom is -0.484 e. The average molecular weight is 325 g/mol. The third-order valence-electron chi connectivity index (χ3n) is 4.03. The first kappa shape index (κ1) is 16.1. The summed E-state index contributed by atoms with van der Waals surface area (Å²) in [5, 5.41) is 0. The van der Waals surface area contributed by atoms with Crippen molar-refractivity contribution in [2.75, 3.05) is 25.2 Å². The summed E-state index contributed by atoms with van der Waals surface area (Å²) in [7, 11) is 1.33. The summed E-state index contributed by atoms with van der Waals surface area (Å²) >= 11 is 0. The molecule has 0 radical (unpaired) electrons. The molecule has 0 atom stereocenters. The molecule has 3 rings (SSSR count). The number of anilines is 1. The Kier molecular flexibility index (Phi) is 4.79. The molecule has 5 heteroatoms. The molecular weight excluding hydrogens is 306 g/mol. The fourth-order valence-electron chi connectivity index (χ4n) is 2.85. The van der Waals surface area contributed by atoms with Gasteiger partial charge in [-0.05, 0) is 42.7 Å². The maximum absolute atomic E-state index is 12.5. The Morgan fingerprint density at radius 1 is 1.12 bits per heavy atom. The van der Waals surface area contributed by atoms with Crippen LogP contribution in [0.3, 0.4) is 0 Å². The fourth-order valence-corrected chi connectivity index (χ4v) is 2.85. The Hall–Kier alpha value is -2.82. The molecular formula is C19H19NO4. The van der Waals surface area contributed by atoms with Gasteiger partial charge in [0.25, 0.3) is 5.91 Å². The Balaban J connectivity index is 1.68. The molecule has 0 bridgehead atoms. The normalized spacial score (nSPS) is 13.1. The topological polar surface area (TPSA) is 55.8 Å². The first-order chi connectivity index (χ1) is 11.7. The molecule has 1 aliphatic heterocycles. The van der Waals surface area contributed by atoms with Gasteiger partial charge in [-0.15, -0.1) is 0 Å². The van der Waals surface area contributed by atoms with Crippen molar-refractivity contribution < 1.29 is 19.1 Å². The van der Waals surface area contributed by atoms with Crippen LogP contribution >= 0.6 is 0 Å². The number of carbonyl (C=O) groups is 2. The second-order valence-electron chi connectivity index (χ2n) is 5.59. The van der Waals surface area contributed by atoms with Gasteiger partial charge in [0.05, 0.1) is 12.7 Å². The van der Waals surface area contributed by atoms with Gasteiger partial charge in [-0.3, -0.25) is 4.79 Å². The molecule has 24 heavy (non-hydrogen) atoms. The highest BCUT2D eigenvalue weighted by Gasteiger charge is 2.22. The van der Waals surface area contributed by atoms with E-state index in [1.165, 1.54) is 12.7 Å². The van der Waals surface area contributed by atoms with Crippen molar-refractivity contribution in [3.63, 3.8) is 0 Å². The molecule has 2 aromatic carbocycles. The zero-order valence-electron chi connectivity index (χ0n) is 13.5. The monoisotopic (exact) mass is 325 g/mol. The fraction of sp³-hybridized carbons (Fsp3) is 0.263. The minimum atomic E-state index is -0.434. The van der Waals surface area contributed by atoms with Gasteiger partial charge in [-0.2, -0.15) is 0 Å². The number of ether oxygens (including phenoxy) is 2. The molecule has 0 saturated heterocycles. The van der Waals surface area contributed by atoms with E-state index in [-0.39, 0.29) is 12.5 Å². The molecule has 0 saturated carbocycles. The van der Waals surface area contributed by atoms with Crippen molar-refractivity contribution in [3.05, 3.63) is 59.7 Å². The standard InChI is InChI=1S/C19H19NO4/c1-23-19(22)15-7-4-9-16(12-15)24-13-18(21)20-11-5-8-14-6-2-3-10-17(14)20/h2-4,6-7,9-10,12H,5,8,11,13H2,1H3. The molecule has 124 valence electrons. The average Bonchev–Trinajstić information content (AvgIpc) is 2.65. The molecule has 1 heterocycles. The second kappa shape index (κ2) is 7.17. The molecule has 0 spiro atoms. The quantitative estimate of drug-likeness (QED) is 0.811. The number of carbonyl (C=O) groups excluding carboxylic acids is 2. The van der Waals surface area contributed by atoms with Crippen LogP contribution in [0.5, 0.6) is 5.75 Å². The number of para-hydroxylation sites is 1. The number of nitrogens with zero attached hydrogens (tertiary/aromatic N) is 1. The summed E-state index contributed by atoms with van der Waals surface area (Å²) in [5.41, 5.74) is 2.54. The third kappa shape index (κ3) is 3.40. The van der Waals surface area contributed by atoms with Crippen molar-refractivity contribution >= 4 is 17.6 Å². The number of fused-ring (bicyclic) bond motifs is 1. The van der Waals surface area contributed by atoms with Crippen molar-refractivity contribution in [2.24, 2.45) is 0 Å². The predicted octanol–water partition coefficient (Wildman–Crippen LogP) is 2.83.